The Morgan fingerprint density at radius 2 is 1.69 bits per heavy atom. The van der Waals surface area contributed by atoms with Crippen LogP contribution in [0, 0.1) is 5.82 Å². The standard InChI is InChI=1S/C26H25FN8O/c1-32-9-11-34(12-10-32)26(36)20-14-35-23(17-5-8-19-21(13-17)33(2)15-29-19)22(31-24(28)25(35)30-20)16-3-6-18(27)7-4-16/h3-8,13-15H,9-12H2,1-2H3,(H2,28,31). The molecule has 0 unspecified atom stereocenters. The van der Waals surface area contributed by atoms with Crippen LogP contribution in [0.15, 0.2) is 55.0 Å². The van der Waals surface area contributed by atoms with Gasteiger partial charge in [0.2, 0.25) is 0 Å². The molecule has 0 spiro atoms. The molecule has 1 aliphatic heterocycles. The molecule has 2 N–H and O–H groups in total. The average molecular weight is 485 g/mol. The van der Waals surface area contributed by atoms with E-state index >= 15 is 0 Å². The van der Waals surface area contributed by atoms with E-state index in [1.165, 1.54) is 12.1 Å². The second-order valence-corrected chi connectivity index (χ2v) is 9.18. The van der Waals surface area contributed by atoms with Crippen LogP contribution in [0.5, 0.6) is 0 Å². The number of amides is 1. The third kappa shape index (κ3) is 3.66. The Hall–Kier alpha value is -4.31. The summed E-state index contributed by atoms with van der Waals surface area (Å²) in [5.41, 5.74) is 11.7. The predicted octanol–water partition coefficient (Wildman–Crippen LogP) is 3.06. The van der Waals surface area contributed by atoms with Crippen molar-refractivity contribution in [1.82, 2.24) is 33.7 Å². The molecule has 0 saturated carbocycles. The van der Waals surface area contributed by atoms with Crippen molar-refractivity contribution in [2.75, 3.05) is 39.0 Å². The molecule has 182 valence electrons. The minimum atomic E-state index is -0.339. The van der Waals surface area contributed by atoms with E-state index in [2.05, 4.69) is 19.9 Å². The van der Waals surface area contributed by atoms with E-state index in [-0.39, 0.29) is 17.5 Å². The second-order valence-electron chi connectivity index (χ2n) is 9.18. The molecule has 0 atom stereocenters. The van der Waals surface area contributed by atoms with Gasteiger partial charge in [0.1, 0.15) is 11.5 Å². The normalized spacial score (nSPS) is 14.7. The molecule has 36 heavy (non-hydrogen) atoms. The molecular weight excluding hydrogens is 459 g/mol. The number of nitrogen functional groups attached to an aromatic ring is 1. The number of piperazine rings is 1. The fraction of sp³-hybridized carbons (Fsp3) is 0.231. The van der Waals surface area contributed by atoms with Gasteiger partial charge in [0.25, 0.3) is 5.91 Å². The number of benzene rings is 2. The molecule has 4 heterocycles. The van der Waals surface area contributed by atoms with E-state index in [1.807, 2.05) is 46.2 Å². The third-order valence-electron chi connectivity index (χ3n) is 6.76. The molecule has 1 aliphatic rings. The van der Waals surface area contributed by atoms with E-state index in [4.69, 9.17) is 5.73 Å². The summed E-state index contributed by atoms with van der Waals surface area (Å²) in [6.07, 6.45) is 3.49. The summed E-state index contributed by atoms with van der Waals surface area (Å²) in [4.78, 5) is 31.0. The lowest BCUT2D eigenvalue weighted by atomic mass is 10.0. The van der Waals surface area contributed by atoms with Gasteiger partial charge >= 0.3 is 0 Å². The largest absolute Gasteiger partial charge is 0.381 e. The molecule has 9 nitrogen and oxygen atoms in total. The number of nitrogens with two attached hydrogens (primary N) is 1. The molecule has 6 rings (SSSR count). The van der Waals surface area contributed by atoms with Crippen LogP contribution in [-0.4, -0.2) is 72.9 Å². The van der Waals surface area contributed by atoms with Gasteiger partial charge in [-0.05, 0) is 43.4 Å². The monoisotopic (exact) mass is 484 g/mol. The van der Waals surface area contributed by atoms with Gasteiger partial charge in [-0.3, -0.25) is 9.20 Å². The molecule has 10 heteroatoms. The van der Waals surface area contributed by atoms with Crippen molar-refractivity contribution in [3.8, 4) is 22.5 Å². The molecule has 0 radical (unpaired) electrons. The number of fused-ring (bicyclic) bond motifs is 2. The van der Waals surface area contributed by atoms with Crippen molar-refractivity contribution < 1.29 is 9.18 Å². The summed E-state index contributed by atoms with van der Waals surface area (Å²) in [5, 5.41) is 0. The molecule has 0 bridgehead atoms. The maximum atomic E-state index is 13.7. The molecule has 2 aromatic carbocycles. The minimum Gasteiger partial charge on any atom is -0.381 e. The SMILES string of the molecule is CN1CCN(C(=O)c2cn3c(-c4ccc5ncn(C)c5c4)c(-c4ccc(F)cc4)nc(N)c3n2)CC1. The number of aryl methyl sites for hydroxylation is 1. The van der Waals surface area contributed by atoms with Gasteiger partial charge in [-0.2, -0.15) is 0 Å². The summed E-state index contributed by atoms with van der Waals surface area (Å²) in [6, 6.07) is 12.0. The van der Waals surface area contributed by atoms with Crippen molar-refractivity contribution in [2.24, 2.45) is 7.05 Å². The molecule has 0 aliphatic carbocycles. The Bertz CT molecular complexity index is 1610. The Labute approximate surface area is 206 Å². The lowest BCUT2D eigenvalue weighted by Gasteiger charge is -2.31. The van der Waals surface area contributed by atoms with Gasteiger partial charge < -0.3 is 20.1 Å². The molecule has 1 saturated heterocycles. The lowest BCUT2D eigenvalue weighted by molar-refractivity contribution is 0.0659. The van der Waals surface area contributed by atoms with Crippen LogP contribution >= 0.6 is 0 Å². The average Bonchev–Trinajstić information content (AvgIpc) is 3.49. The highest BCUT2D eigenvalue weighted by Gasteiger charge is 2.25. The van der Waals surface area contributed by atoms with E-state index < -0.39 is 0 Å². The Balaban J connectivity index is 1.57. The third-order valence-corrected chi connectivity index (χ3v) is 6.76. The van der Waals surface area contributed by atoms with E-state index in [1.54, 1.807) is 24.7 Å². The molecule has 3 aromatic heterocycles. The number of carbonyl (C=O) groups is 1. The van der Waals surface area contributed by atoms with Crippen LogP contribution in [0.1, 0.15) is 10.5 Å². The number of aromatic nitrogens is 5. The summed E-state index contributed by atoms with van der Waals surface area (Å²) >= 11 is 0. The van der Waals surface area contributed by atoms with Crippen molar-refractivity contribution in [1.29, 1.82) is 0 Å². The maximum absolute atomic E-state index is 13.7. The smallest absolute Gasteiger partial charge is 0.274 e. The predicted molar refractivity (Wildman–Crippen MR) is 136 cm³/mol. The minimum absolute atomic E-state index is 0.137. The maximum Gasteiger partial charge on any atom is 0.274 e. The van der Waals surface area contributed by atoms with Crippen LogP contribution in [0.4, 0.5) is 10.2 Å². The summed E-state index contributed by atoms with van der Waals surface area (Å²) in [7, 11) is 3.97. The van der Waals surface area contributed by atoms with E-state index in [0.717, 1.165) is 29.7 Å². The number of hydrogen-bond donors (Lipinski definition) is 1. The van der Waals surface area contributed by atoms with E-state index in [9.17, 15) is 9.18 Å². The molecular formula is C26H25FN8O. The van der Waals surface area contributed by atoms with Gasteiger partial charge in [0, 0.05) is 50.6 Å². The van der Waals surface area contributed by atoms with Gasteiger partial charge in [0.05, 0.1) is 28.7 Å². The van der Waals surface area contributed by atoms with Gasteiger partial charge in [-0.15, -0.1) is 0 Å². The van der Waals surface area contributed by atoms with Crippen LogP contribution in [0.3, 0.4) is 0 Å². The molecule has 1 fully saturated rings. The van der Waals surface area contributed by atoms with Crippen molar-refractivity contribution in [3.63, 3.8) is 0 Å². The first-order valence-electron chi connectivity index (χ1n) is 11.7. The van der Waals surface area contributed by atoms with Crippen LogP contribution < -0.4 is 5.73 Å². The quantitative estimate of drug-likeness (QED) is 0.423. The molecule has 5 aromatic rings. The lowest BCUT2D eigenvalue weighted by Crippen LogP contribution is -2.47. The van der Waals surface area contributed by atoms with Crippen molar-refractivity contribution in [2.45, 2.75) is 0 Å². The number of nitrogens with zero attached hydrogens (tertiary/aromatic N) is 7. The second kappa shape index (κ2) is 8.42. The topological polar surface area (TPSA) is 97.6 Å². The fourth-order valence-corrected chi connectivity index (χ4v) is 4.70. The van der Waals surface area contributed by atoms with Crippen molar-refractivity contribution in [3.05, 3.63) is 66.5 Å². The zero-order chi connectivity index (χ0) is 25.0. The van der Waals surface area contributed by atoms with Gasteiger partial charge in [-0.1, -0.05) is 6.07 Å². The van der Waals surface area contributed by atoms with Gasteiger partial charge in [0.15, 0.2) is 11.5 Å². The zero-order valence-electron chi connectivity index (χ0n) is 20.0. The van der Waals surface area contributed by atoms with Crippen LogP contribution in [0.25, 0.3) is 39.2 Å². The number of halogens is 1. The number of imidazole rings is 2. The first-order chi connectivity index (χ1) is 17.4. The van der Waals surface area contributed by atoms with E-state index in [0.29, 0.717) is 41.4 Å². The number of anilines is 1. The fourth-order valence-electron chi connectivity index (χ4n) is 4.70. The summed E-state index contributed by atoms with van der Waals surface area (Å²) in [6.45, 7) is 2.91. The Morgan fingerprint density at radius 3 is 2.44 bits per heavy atom. The highest BCUT2D eigenvalue weighted by atomic mass is 19.1. The van der Waals surface area contributed by atoms with Crippen molar-refractivity contribution >= 4 is 28.4 Å². The number of rotatable bonds is 3. The number of hydrogen-bond acceptors (Lipinski definition) is 6. The highest BCUT2D eigenvalue weighted by molar-refractivity contribution is 5.95. The van der Waals surface area contributed by atoms with Crippen LogP contribution in [0.2, 0.25) is 0 Å². The number of carbonyl (C=O) groups excluding carboxylic acids is 1. The summed E-state index contributed by atoms with van der Waals surface area (Å²) in [5.74, 6) is -0.284. The zero-order valence-corrected chi connectivity index (χ0v) is 20.0. The highest BCUT2D eigenvalue weighted by Crippen LogP contribution is 2.35. The first-order valence-corrected chi connectivity index (χ1v) is 11.7. The Kier molecular flexibility index (Phi) is 5.18. The number of likely N-dealkylation sites (N-methyl/N-ethyl adjacent to an activating group) is 1. The molecule has 1 amide bonds. The Morgan fingerprint density at radius 1 is 0.972 bits per heavy atom. The first kappa shape index (κ1) is 22.2. The summed E-state index contributed by atoms with van der Waals surface area (Å²) < 4.78 is 17.5. The van der Waals surface area contributed by atoms with Gasteiger partial charge in [-0.25, -0.2) is 19.3 Å². The van der Waals surface area contributed by atoms with Crippen LogP contribution in [-0.2, 0) is 7.05 Å².